The maximum absolute atomic E-state index is 6.66. The van der Waals surface area contributed by atoms with E-state index >= 15 is 0 Å². The molecule has 272 valence electrons. The largest absolute Gasteiger partial charge is 0.454 e. The third-order valence-corrected chi connectivity index (χ3v) is 11.6. The number of nitrogens with zero attached hydrogens (tertiary/aromatic N) is 2. The molecule has 0 radical (unpaired) electrons. The normalized spacial score (nSPS) is 11.8. The Bertz CT molecular complexity index is 3530. The zero-order valence-electron chi connectivity index (χ0n) is 31.3. The number of furan rings is 2. The van der Waals surface area contributed by atoms with Gasteiger partial charge in [-0.25, -0.2) is 0 Å². The Kier molecular flexibility index (Phi) is 7.20. The first-order valence-electron chi connectivity index (χ1n) is 19.7. The molecule has 58 heavy (non-hydrogen) atoms. The summed E-state index contributed by atoms with van der Waals surface area (Å²) >= 11 is 0. The smallest absolute Gasteiger partial charge is 0.159 e. The van der Waals surface area contributed by atoms with Crippen LogP contribution in [0.5, 0.6) is 0 Å². The van der Waals surface area contributed by atoms with Gasteiger partial charge in [-0.1, -0.05) is 140 Å². The number of hydrogen-bond donors (Lipinski definition) is 0. The molecule has 12 rings (SSSR count). The van der Waals surface area contributed by atoms with Gasteiger partial charge in [0, 0.05) is 44.0 Å². The lowest BCUT2D eigenvalue weighted by Crippen LogP contribution is -2.11. The lowest BCUT2D eigenvalue weighted by atomic mass is 9.95. The van der Waals surface area contributed by atoms with Gasteiger partial charge in [-0.3, -0.25) is 0 Å². The van der Waals surface area contributed by atoms with Crippen LogP contribution in [0.25, 0.3) is 76.2 Å². The highest BCUT2D eigenvalue weighted by atomic mass is 16.3. The molecule has 0 saturated heterocycles. The van der Waals surface area contributed by atoms with Gasteiger partial charge in [-0.05, 0) is 93.7 Å². The van der Waals surface area contributed by atoms with Crippen molar-refractivity contribution in [2.75, 3.05) is 9.80 Å². The fraction of sp³-hybridized carbons (Fsp3) is 0. The molecule has 0 aliphatic carbocycles. The van der Waals surface area contributed by atoms with Crippen molar-refractivity contribution in [1.29, 1.82) is 0 Å². The SMILES string of the molecule is c1ccc(N(c2ccc3ccc4c(ccc5cccc(N(c6ccccc6)c6cccc7c6oc6ccccc67)c54)c3c2)c2cccc3c2oc2ccccc23)cc1. The number of benzene rings is 10. The minimum Gasteiger partial charge on any atom is -0.454 e. The monoisotopic (exact) mass is 742 g/mol. The van der Waals surface area contributed by atoms with E-state index in [1.165, 1.54) is 32.3 Å². The number of anilines is 6. The maximum Gasteiger partial charge on any atom is 0.159 e. The van der Waals surface area contributed by atoms with E-state index < -0.39 is 0 Å². The average Bonchev–Trinajstić information content (AvgIpc) is 3.87. The lowest BCUT2D eigenvalue weighted by molar-refractivity contribution is 0.668. The Morgan fingerprint density at radius 3 is 1.45 bits per heavy atom. The molecule has 0 bridgehead atoms. The van der Waals surface area contributed by atoms with E-state index in [0.29, 0.717) is 0 Å². The predicted molar refractivity (Wildman–Crippen MR) is 243 cm³/mol. The van der Waals surface area contributed by atoms with Gasteiger partial charge in [0.1, 0.15) is 11.2 Å². The van der Waals surface area contributed by atoms with Crippen LogP contribution in [0, 0.1) is 0 Å². The van der Waals surface area contributed by atoms with Crippen LogP contribution >= 0.6 is 0 Å². The molecule has 0 saturated carbocycles. The van der Waals surface area contributed by atoms with E-state index in [1.807, 2.05) is 24.3 Å². The van der Waals surface area contributed by atoms with Crippen molar-refractivity contribution in [1.82, 2.24) is 0 Å². The Balaban J connectivity index is 1.10. The average molecular weight is 743 g/mol. The second-order valence-electron chi connectivity index (χ2n) is 14.9. The molecule has 0 spiro atoms. The summed E-state index contributed by atoms with van der Waals surface area (Å²) in [4.78, 5) is 4.68. The fourth-order valence-corrected chi connectivity index (χ4v) is 9.02. The van der Waals surface area contributed by atoms with Crippen molar-refractivity contribution in [3.8, 4) is 0 Å². The highest BCUT2D eigenvalue weighted by Crippen LogP contribution is 2.47. The van der Waals surface area contributed by atoms with Crippen molar-refractivity contribution >= 4 is 110 Å². The van der Waals surface area contributed by atoms with Gasteiger partial charge < -0.3 is 18.6 Å². The van der Waals surface area contributed by atoms with E-state index in [9.17, 15) is 0 Å². The van der Waals surface area contributed by atoms with Gasteiger partial charge in [0.2, 0.25) is 0 Å². The van der Waals surface area contributed by atoms with Crippen LogP contribution in [0.3, 0.4) is 0 Å². The van der Waals surface area contributed by atoms with Gasteiger partial charge in [-0.2, -0.15) is 0 Å². The van der Waals surface area contributed by atoms with Crippen molar-refractivity contribution in [3.63, 3.8) is 0 Å². The topological polar surface area (TPSA) is 32.8 Å². The molecule has 0 atom stereocenters. The van der Waals surface area contributed by atoms with Crippen molar-refractivity contribution < 1.29 is 8.83 Å². The second kappa shape index (κ2) is 12.9. The lowest BCUT2D eigenvalue weighted by Gasteiger charge is -2.27. The first-order valence-corrected chi connectivity index (χ1v) is 19.7. The summed E-state index contributed by atoms with van der Waals surface area (Å²) in [6, 6.07) is 73.2. The summed E-state index contributed by atoms with van der Waals surface area (Å²) < 4.78 is 13.3. The van der Waals surface area contributed by atoms with Crippen LogP contribution in [0.15, 0.2) is 215 Å². The third-order valence-electron chi connectivity index (χ3n) is 11.6. The molecular formula is C54H34N2O2. The zero-order valence-corrected chi connectivity index (χ0v) is 31.3. The van der Waals surface area contributed by atoms with Crippen LogP contribution in [0.2, 0.25) is 0 Å². The van der Waals surface area contributed by atoms with E-state index in [4.69, 9.17) is 8.83 Å². The third kappa shape index (κ3) is 4.95. The van der Waals surface area contributed by atoms with Crippen LogP contribution in [-0.2, 0) is 0 Å². The predicted octanol–water partition coefficient (Wildman–Crippen LogP) is 15.9. The minimum atomic E-state index is 0.861. The van der Waals surface area contributed by atoms with Crippen molar-refractivity contribution in [3.05, 3.63) is 206 Å². The van der Waals surface area contributed by atoms with Gasteiger partial charge in [0.15, 0.2) is 11.2 Å². The zero-order chi connectivity index (χ0) is 38.2. The Morgan fingerprint density at radius 1 is 0.276 bits per heavy atom. The minimum absolute atomic E-state index is 0.861. The molecule has 4 heteroatoms. The molecule has 0 N–H and O–H groups in total. The van der Waals surface area contributed by atoms with Crippen LogP contribution in [0.4, 0.5) is 34.1 Å². The molecule has 0 unspecified atom stereocenters. The van der Waals surface area contributed by atoms with E-state index in [-0.39, 0.29) is 0 Å². The highest BCUT2D eigenvalue weighted by molar-refractivity contribution is 6.23. The molecule has 0 amide bonds. The summed E-state index contributed by atoms with van der Waals surface area (Å²) in [7, 11) is 0. The maximum atomic E-state index is 6.66. The molecule has 10 aromatic carbocycles. The second-order valence-corrected chi connectivity index (χ2v) is 14.9. The van der Waals surface area contributed by atoms with Crippen LogP contribution < -0.4 is 9.80 Å². The standard InChI is InChI=1S/C54H34N2O2/c1-3-15-37(16-4-1)55(48-24-12-21-44-41-19-7-9-26-50(41)57-53(44)48)39-31-28-35-29-33-43-40(46(35)34-39)32-30-36-14-11-23-47(52(36)43)56(38-17-5-2-6-18-38)49-25-13-22-45-42-20-8-10-27-51(42)58-54(45)49/h1-34H. The molecule has 2 aromatic heterocycles. The first-order chi connectivity index (χ1) is 28.8. The van der Waals surface area contributed by atoms with Gasteiger partial charge in [0.25, 0.3) is 0 Å². The van der Waals surface area contributed by atoms with Crippen LogP contribution in [0.1, 0.15) is 0 Å². The van der Waals surface area contributed by atoms with Crippen molar-refractivity contribution in [2.24, 2.45) is 0 Å². The quantitative estimate of drug-likeness (QED) is 0.159. The van der Waals surface area contributed by atoms with Gasteiger partial charge in [-0.15, -0.1) is 0 Å². The molecule has 0 fully saturated rings. The Labute approximate surface area is 334 Å². The number of hydrogen-bond acceptors (Lipinski definition) is 4. The van der Waals surface area contributed by atoms with Gasteiger partial charge >= 0.3 is 0 Å². The molecule has 12 aromatic rings. The number of para-hydroxylation sites is 6. The molecule has 0 aliphatic rings. The highest BCUT2D eigenvalue weighted by Gasteiger charge is 2.23. The summed E-state index contributed by atoms with van der Waals surface area (Å²) in [6.45, 7) is 0. The molecular weight excluding hydrogens is 709 g/mol. The van der Waals surface area contributed by atoms with Crippen molar-refractivity contribution in [2.45, 2.75) is 0 Å². The molecule has 4 nitrogen and oxygen atoms in total. The number of rotatable bonds is 6. The fourth-order valence-electron chi connectivity index (χ4n) is 9.02. The molecule has 2 heterocycles. The Hall–Kier alpha value is -7.82. The van der Waals surface area contributed by atoms with E-state index in [2.05, 4.69) is 192 Å². The number of fused-ring (bicyclic) bond motifs is 11. The van der Waals surface area contributed by atoms with Gasteiger partial charge in [0.05, 0.1) is 17.1 Å². The summed E-state index contributed by atoms with van der Waals surface area (Å²) in [5.41, 5.74) is 9.71. The van der Waals surface area contributed by atoms with E-state index in [0.717, 1.165) is 78.0 Å². The molecule has 0 aliphatic heterocycles. The first kappa shape index (κ1) is 32.4. The Morgan fingerprint density at radius 2 is 0.776 bits per heavy atom. The summed E-state index contributed by atoms with van der Waals surface area (Å²) in [6.07, 6.45) is 0. The van der Waals surface area contributed by atoms with Crippen LogP contribution in [-0.4, -0.2) is 0 Å². The van der Waals surface area contributed by atoms with E-state index in [1.54, 1.807) is 0 Å². The summed E-state index contributed by atoms with van der Waals surface area (Å²) in [5.74, 6) is 0. The summed E-state index contributed by atoms with van der Waals surface area (Å²) in [5, 5.41) is 11.5.